The summed E-state index contributed by atoms with van der Waals surface area (Å²) < 4.78 is 0. The summed E-state index contributed by atoms with van der Waals surface area (Å²) in [7, 11) is 1.82. The van der Waals surface area contributed by atoms with Crippen LogP contribution < -0.4 is 5.73 Å². The van der Waals surface area contributed by atoms with Gasteiger partial charge in [0.25, 0.3) is 0 Å². The lowest BCUT2D eigenvalue weighted by molar-refractivity contribution is 0.421. The van der Waals surface area contributed by atoms with Crippen LogP contribution in [0.3, 0.4) is 0 Å². The third-order valence-electron chi connectivity index (χ3n) is 2.13. The van der Waals surface area contributed by atoms with Crippen LogP contribution in [0.1, 0.15) is 32.9 Å². The van der Waals surface area contributed by atoms with Gasteiger partial charge in [0, 0.05) is 18.5 Å². The van der Waals surface area contributed by atoms with Crippen LogP contribution in [-0.2, 0) is 12.5 Å². The molecule has 0 aromatic carbocycles. The SMILES string of the molecule is CC(N)CC(C)(C)c1cnn(C)n1. The summed E-state index contributed by atoms with van der Waals surface area (Å²) in [5.41, 5.74) is 6.79. The van der Waals surface area contributed by atoms with Crippen molar-refractivity contribution < 1.29 is 0 Å². The Balaban J connectivity index is 2.80. The number of hydrogen-bond donors (Lipinski definition) is 1. The molecule has 13 heavy (non-hydrogen) atoms. The van der Waals surface area contributed by atoms with Gasteiger partial charge >= 0.3 is 0 Å². The number of rotatable bonds is 3. The summed E-state index contributed by atoms with van der Waals surface area (Å²) in [6.45, 7) is 6.29. The minimum Gasteiger partial charge on any atom is -0.328 e. The molecular formula is C9H18N4. The highest BCUT2D eigenvalue weighted by Crippen LogP contribution is 2.25. The zero-order chi connectivity index (χ0) is 10.1. The van der Waals surface area contributed by atoms with Crippen molar-refractivity contribution in [2.24, 2.45) is 12.8 Å². The van der Waals surface area contributed by atoms with E-state index in [2.05, 4.69) is 24.0 Å². The van der Waals surface area contributed by atoms with Gasteiger partial charge in [-0.05, 0) is 13.3 Å². The van der Waals surface area contributed by atoms with Crippen LogP contribution in [0.15, 0.2) is 6.20 Å². The standard InChI is InChI=1S/C9H18N4/c1-7(10)5-9(2,3)8-6-11-13(4)12-8/h6-7H,5,10H2,1-4H3. The fraction of sp³-hybridized carbons (Fsp3) is 0.778. The van der Waals surface area contributed by atoms with E-state index in [1.165, 1.54) is 0 Å². The summed E-state index contributed by atoms with van der Waals surface area (Å²) in [5.74, 6) is 0. The Labute approximate surface area is 79.1 Å². The summed E-state index contributed by atoms with van der Waals surface area (Å²) in [5, 5.41) is 8.34. The predicted molar refractivity (Wildman–Crippen MR) is 52.3 cm³/mol. The second-order valence-corrected chi connectivity index (χ2v) is 4.28. The topological polar surface area (TPSA) is 56.7 Å². The first kappa shape index (κ1) is 10.2. The van der Waals surface area contributed by atoms with E-state index in [9.17, 15) is 0 Å². The van der Waals surface area contributed by atoms with E-state index >= 15 is 0 Å². The molecule has 1 atom stereocenters. The highest BCUT2D eigenvalue weighted by atomic mass is 15.4. The van der Waals surface area contributed by atoms with Crippen molar-refractivity contribution in [1.29, 1.82) is 0 Å². The number of aromatic nitrogens is 3. The highest BCUT2D eigenvalue weighted by Gasteiger charge is 2.24. The number of hydrogen-bond acceptors (Lipinski definition) is 3. The average molecular weight is 182 g/mol. The van der Waals surface area contributed by atoms with Gasteiger partial charge in [0.1, 0.15) is 0 Å². The van der Waals surface area contributed by atoms with Gasteiger partial charge in [-0.15, -0.1) is 0 Å². The summed E-state index contributed by atoms with van der Waals surface area (Å²) in [6, 6.07) is 0.192. The molecule has 0 aliphatic carbocycles. The van der Waals surface area contributed by atoms with Gasteiger partial charge in [-0.3, -0.25) is 0 Å². The molecule has 0 amide bonds. The Morgan fingerprint density at radius 3 is 2.62 bits per heavy atom. The van der Waals surface area contributed by atoms with E-state index in [1.807, 2.05) is 20.2 Å². The molecule has 0 radical (unpaired) electrons. The Morgan fingerprint density at radius 1 is 1.62 bits per heavy atom. The minimum atomic E-state index is 0.0163. The van der Waals surface area contributed by atoms with Crippen LogP contribution in [-0.4, -0.2) is 21.0 Å². The molecule has 74 valence electrons. The van der Waals surface area contributed by atoms with Gasteiger partial charge < -0.3 is 5.73 Å². The molecule has 4 heteroatoms. The molecular weight excluding hydrogens is 164 g/mol. The maximum absolute atomic E-state index is 5.77. The molecule has 1 heterocycles. The fourth-order valence-electron chi connectivity index (χ4n) is 1.57. The second kappa shape index (κ2) is 3.46. The number of nitrogens with zero attached hydrogens (tertiary/aromatic N) is 3. The zero-order valence-corrected chi connectivity index (χ0v) is 8.78. The van der Waals surface area contributed by atoms with E-state index in [-0.39, 0.29) is 11.5 Å². The van der Waals surface area contributed by atoms with Crippen molar-refractivity contribution in [3.63, 3.8) is 0 Å². The lowest BCUT2D eigenvalue weighted by Gasteiger charge is -2.23. The molecule has 0 fully saturated rings. The van der Waals surface area contributed by atoms with Gasteiger partial charge in [0.2, 0.25) is 0 Å². The molecule has 1 unspecified atom stereocenters. The number of nitrogens with two attached hydrogens (primary N) is 1. The first-order chi connectivity index (χ1) is 5.92. The Bertz CT molecular complexity index is 275. The van der Waals surface area contributed by atoms with Gasteiger partial charge in [-0.1, -0.05) is 13.8 Å². The van der Waals surface area contributed by atoms with Gasteiger partial charge in [-0.2, -0.15) is 15.0 Å². The molecule has 0 saturated carbocycles. The van der Waals surface area contributed by atoms with E-state index in [4.69, 9.17) is 5.73 Å². The Kier molecular flexibility index (Phi) is 2.71. The van der Waals surface area contributed by atoms with E-state index in [0.717, 1.165) is 12.1 Å². The van der Waals surface area contributed by atoms with E-state index in [1.54, 1.807) is 4.80 Å². The molecule has 0 spiro atoms. The third-order valence-corrected chi connectivity index (χ3v) is 2.13. The van der Waals surface area contributed by atoms with Crippen LogP contribution in [0.4, 0.5) is 0 Å². The maximum Gasteiger partial charge on any atom is 0.0883 e. The van der Waals surface area contributed by atoms with Gasteiger partial charge in [-0.25, -0.2) is 0 Å². The quantitative estimate of drug-likeness (QED) is 0.753. The van der Waals surface area contributed by atoms with Crippen LogP contribution in [0.2, 0.25) is 0 Å². The summed E-state index contributed by atoms with van der Waals surface area (Å²) >= 11 is 0. The van der Waals surface area contributed by atoms with Crippen molar-refractivity contribution in [1.82, 2.24) is 15.0 Å². The van der Waals surface area contributed by atoms with Crippen LogP contribution in [0, 0.1) is 0 Å². The summed E-state index contributed by atoms with van der Waals surface area (Å²) in [4.78, 5) is 1.58. The maximum atomic E-state index is 5.77. The molecule has 1 aromatic heterocycles. The van der Waals surface area contributed by atoms with Crippen LogP contribution in [0.5, 0.6) is 0 Å². The monoisotopic (exact) mass is 182 g/mol. The van der Waals surface area contributed by atoms with E-state index in [0.29, 0.717) is 0 Å². The number of aryl methyl sites for hydroxylation is 1. The Hall–Kier alpha value is -0.900. The average Bonchev–Trinajstić information content (AvgIpc) is 2.32. The first-order valence-electron chi connectivity index (χ1n) is 4.54. The molecule has 0 bridgehead atoms. The molecule has 0 aliphatic rings. The molecule has 0 aliphatic heterocycles. The fourth-order valence-corrected chi connectivity index (χ4v) is 1.57. The van der Waals surface area contributed by atoms with Crippen molar-refractivity contribution in [2.45, 2.75) is 38.6 Å². The predicted octanol–water partition coefficient (Wildman–Crippen LogP) is 0.830. The van der Waals surface area contributed by atoms with Gasteiger partial charge in [0.05, 0.1) is 11.9 Å². The van der Waals surface area contributed by atoms with Crippen molar-refractivity contribution in [2.75, 3.05) is 0 Å². The molecule has 2 N–H and O–H groups in total. The van der Waals surface area contributed by atoms with Gasteiger partial charge in [0.15, 0.2) is 0 Å². The van der Waals surface area contributed by atoms with Crippen molar-refractivity contribution in [3.8, 4) is 0 Å². The zero-order valence-electron chi connectivity index (χ0n) is 8.78. The van der Waals surface area contributed by atoms with Crippen LogP contribution in [0.25, 0.3) is 0 Å². The minimum absolute atomic E-state index is 0.0163. The normalized spacial score (nSPS) is 14.5. The van der Waals surface area contributed by atoms with Crippen molar-refractivity contribution in [3.05, 3.63) is 11.9 Å². The first-order valence-corrected chi connectivity index (χ1v) is 4.54. The summed E-state index contributed by atoms with van der Waals surface area (Å²) in [6.07, 6.45) is 2.73. The lowest BCUT2D eigenvalue weighted by Crippen LogP contribution is -2.28. The van der Waals surface area contributed by atoms with Crippen molar-refractivity contribution >= 4 is 0 Å². The molecule has 0 saturated heterocycles. The molecule has 1 aromatic rings. The lowest BCUT2D eigenvalue weighted by atomic mass is 9.83. The van der Waals surface area contributed by atoms with E-state index < -0.39 is 0 Å². The Morgan fingerprint density at radius 2 is 2.23 bits per heavy atom. The van der Waals surface area contributed by atoms with Crippen LogP contribution >= 0.6 is 0 Å². The third kappa shape index (κ3) is 2.52. The second-order valence-electron chi connectivity index (χ2n) is 4.28. The largest absolute Gasteiger partial charge is 0.328 e. The smallest absolute Gasteiger partial charge is 0.0883 e. The molecule has 4 nitrogen and oxygen atoms in total. The molecule has 1 rings (SSSR count). The highest BCUT2D eigenvalue weighted by molar-refractivity contribution is 5.08.